The van der Waals surface area contributed by atoms with Gasteiger partial charge >= 0.3 is 12.3 Å². The highest BCUT2D eigenvalue weighted by atomic mass is 32.2. The lowest BCUT2D eigenvalue weighted by atomic mass is 10.1. The van der Waals surface area contributed by atoms with Gasteiger partial charge in [0.05, 0.1) is 16.2 Å². The zero-order chi connectivity index (χ0) is 23.6. The number of carbonyl (C=O) groups is 1. The van der Waals surface area contributed by atoms with E-state index in [0.29, 0.717) is 30.6 Å². The quantitative estimate of drug-likeness (QED) is 0.672. The molecule has 11 heteroatoms. The average Bonchev–Trinajstić information content (AvgIpc) is 3.62. The van der Waals surface area contributed by atoms with Gasteiger partial charge in [0.25, 0.3) is 0 Å². The zero-order valence-corrected chi connectivity index (χ0v) is 18.3. The first kappa shape index (κ1) is 23.2. The standard InChI is InChI=1S/C22H22F3N3O4S/c23-22(24,25)17-3-1-4-18(13-17)33(30,31)28-11-9-16(10-12-28)19-5-2-6-20(27-19)32-21(29)26-14-15-7-8-15/h1-6,9,13,15H,7-8,10-12,14H2,(H,26,29). The lowest BCUT2D eigenvalue weighted by Crippen LogP contribution is -2.35. The number of ether oxygens (including phenoxy) is 1. The number of benzene rings is 1. The Morgan fingerprint density at radius 3 is 2.61 bits per heavy atom. The van der Waals surface area contributed by atoms with Crippen LogP contribution >= 0.6 is 0 Å². The van der Waals surface area contributed by atoms with Crippen LogP contribution in [0.5, 0.6) is 5.88 Å². The predicted octanol–water partition coefficient (Wildman–Crippen LogP) is 4.08. The van der Waals surface area contributed by atoms with Gasteiger partial charge in [0, 0.05) is 25.7 Å². The Hall–Kier alpha value is -2.92. The summed E-state index contributed by atoms with van der Waals surface area (Å²) in [6.45, 7) is 0.640. The van der Waals surface area contributed by atoms with Crippen LogP contribution in [0.25, 0.3) is 5.57 Å². The van der Waals surface area contributed by atoms with Gasteiger partial charge in [-0.3, -0.25) is 0 Å². The molecule has 1 aliphatic carbocycles. The minimum Gasteiger partial charge on any atom is -0.391 e. The Kier molecular flexibility index (Phi) is 6.44. The molecule has 176 valence electrons. The maximum atomic E-state index is 13.0. The van der Waals surface area contributed by atoms with Gasteiger partial charge in [-0.25, -0.2) is 18.2 Å². The smallest absolute Gasteiger partial charge is 0.391 e. The van der Waals surface area contributed by atoms with Gasteiger partial charge in [-0.2, -0.15) is 17.5 Å². The van der Waals surface area contributed by atoms with Crippen molar-refractivity contribution in [3.63, 3.8) is 0 Å². The topological polar surface area (TPSA) is 88.6 Å². The normalized spacial score (nSPS) is 17.4. The molecule has 2 aliphatic rings. The molecule has 1 N–H and O–H groups in total. The lowest BCUT2D eigenvalue weighted by Gasteiger charge is -2.26. The molecule has 1 fully saturated rings. The van der Waals surface area contributed by atoms with E-state index in [1.165, 1.54) is 0 Å². The number of hydrogen-bond acceptors (Lipinski definition) is 5. The number of alkyl halides is 3. The van der Waals surface area contributed by atoms with Crippen molar-refractivity contribution in [1.82, 2.24) is 14.6 Å². The van der Waals surface area contributed by atoms with Crippen LogP contribution in [-0.4, -0.2) is 43.4 Å². The second-order valence-corrected chi connectivity index (χ2v) is 9.88. The van der Waals surface area contributed by atoms with Crippen molar-refractivity contribution in [3.8, 4) is 5.88 Å². The third-order valence-corrected chi connectivity index (χ3v) is 7.31. The van der Waals surface area contributed by atoms with E-state index in [1.807, 2.05) is 0 Å². The number of nitrogens with one attached hydrogen (secondary N) is 1. The summed E-state index contributed by atoms with van der Waals surface area (Å²) in [5, 5.41) is 2.68. The van der Waals surface area contributed by atoms with Crippen molar-refractivity contribution in [2.24, 2.45) is 5.92 Å². The number of halogens is 3. The Bertz CT molecular complexity index is 1180. The van der Waals surface area contributed by atoms with E-state index < -0.39 is 32.8 Å². The molecule has 2 heterocycles. The maximum Gasteiger partial charge on any atom is 0.416 e. The predicted molar refractivity (Wildman–Crippen MR) is 114 cm³/mol. The molecule has 0 bridgehead atoms. The summed E-state index contributed by atoms with van der Waals surface area (Å²) in [6.07, 6.45) is -1.04. The molecule has 0 spiro atoms. The van der Waals surface area contributed by atoms with Crippen LogP contribution in [0, 0.1) is 5.92 Å². The molecular weight excluding hydrogens is 459 g/mol. The van der Waals surface area contributed by atoms with E-state index in [0.717, 1.165) is 40.9 Å². The monoisotopic (exact) mass is 481 g/mol. The molecule has 1 aromatic heterocycles. The molecule has 1 aliphatic heterocycles. The number of sulfonamides is 1. The molecule has 0 radical (unpaired) electrons. The van der Waals surface area contributed by atoms with E-state index in [-0.39, 0.29) is 19.0 Å². The Labute approximate surface area is 189 Å². The SMILES string of the molecule is O=C(NCC1CC1)Oc1cccc(C2=CCN(S(=O)(=O)c3cccc(C(F)(F)F)c3)CC2)n1. The van der Waals surface area contributed by atoms with Crippen LogP contribution in [0.4, 0.5) is 18.0 Å². The largest absolute Gasteiger partial charge is 0.416 e. The van der Waals surface area contributed by atoms with Crippen LogP contribution in [0.2, 0.25) is 0 Å². The molecule has 0 saturated heterocycles. The first-order valence-electron chi connectivity index (χ1n) is 10.4. The van der Waals surface area contributed by atoms with Gasteiger partial charge in [-0.05, 0) is 55.0 Å². The number of amides is 1. The molecule has 7 nitrogen and oxygen atoms in total. The van der Waals surface area contributed by atoms with E-state index in [9.17, 15) is 26.4 Å². The summed E-state index contributed by atoms with van der Waals surface area (Å²) in [4.78, 5) is 15.8. The van der Waals surface area contributed by atoms with Crippen molar-refractivity contribution in [2.45, 2.75) is 30.3 Å². The molecule has 1 aromatic carbocycles. The fraction of sp³-hybridized carbons (Fsp3) is 0.364. The fourth-order valence-corrected chi connectivity index (χ4v) is 4.84. The first-order valence-corrected chi connectivity index (χ1v) is 11.9. The number of rotatable bonds is 6. The van der Waals surface area contributed by atoms with Gasteiger partial charge < -0.3 is 10.1 Å². The summed E-state index contributed by atoms with van der Waals surface area (Å²) in [7, 11) is -4.09. The van der Waals surface area contributed by atoms with Gasteiger partial charge in [-0.15, -0.1) is 0 Å². The fourth-order valence-electron chi connectivity index (χ4n) is 3.41. The highest BCUT2D eigenvalue weighted by molar-refractivity contribution is 7.89. The number of nitrogens with zero attached hydrogens (tertiary/aromatic N) is 2. The molecule has 2 aromatic rings. The van der Waals surface area contributed by atoms with Crippen LogP contribution in [0.1, 0.15) is 30.5 Å². The second-order valence-electron chi connectivity index (χ2n) is 7.94. The van der Waals surface area contributed by atoms with Crippen LogP contribution in [0.15, 0.2) is 53.4 Å². The van der Waals surface area contributed by atoms with Gasteiger partial charge in [0.1, 0.15) is 0 Å². The Morgan fingerprint density at radius 1 is 1.18 bits per heavy atom. The highest BCUT2D eigenvalue weighted by Crippen LogP contribution is 2.32. The molecule has 0 atom stereocenters. The summed E-state index contributed by atoms with van der Waals surface area (Å²) < 4.78 is 70.9. The van der Waals surface area contributed by atoms with Crippen molar-refractivity contribution in [1.29, 1.82) is 0 Å². The molecule has 33 heavy (non-hydrogen) atoms. The maximum absolute atomic E-state index is 13.0. The number of aromatic nitrogens is 1. The van der Waals surface area contributed by atoms with E-state index in [1.54, 1.807) is 24.3 Å². The molecule has 1 saturated carbocycles. The third kappa shape index (κ3) is 5.72. The van der Waals surface area contributed by atoms with Crippen LogP contribution in [0.3, 0.4) is 0 Å². The molecule has 0 unspecified atom stereocenters. The zero-order valence-electron chi connectivity index (χ0n) is 17.5. The van der Waals surface area contributed by atoms with Gasteiger partial charge in [0.2, 0.25) is 15.9 Å². The van der Waals surface area contributed by atoms with Crippen molar-refractivity contribution in [3.05, 3.63) is 59.8 Å². The lowest BCUT2D eigenvalue weighted by molar-refractivity contribution is -0.137. The summed E-state index contributed by atoms with van der Waals surface area (Å²) in [5.74, 6) is 0.639. The Morgan fingerprint density at radius 2 is 1.94 bits per heavy atom. The van der Waals surface area contributed by atoms with E-state index in [2.05, 4.69) is 10.3 Å². The van der Waals surface area contributed by atoms with E-state index in [4.69, 9.17) is 4.74 Å². The number of pyridine rings is 1. The minimum absolute atomic E-state index is 0.0114. The second kappa shape index (κ2) is 9.14. The summed E-state index contributed by atoms with van der Waals surface area (Å²) in [6, 6.07) is 8.66. The number of carbonyl (C=O) groups excluding carboxylic acids is 1. The Balaban J connectivity index is 1.43. The van der Waals surface area contributed by atoms with Crippen molar-refractivity contribution < 1.29 is 31.1 Å². The first-order chi connectivity index (χ1) is 15.6. The van der Waals surface area contributed by atoms with E-state index >= 15 is 0 Å². The van der Waals surface area contributed by atoms with Crippen LogP contribution < -0.4 is 10.1 Å². The minimum atomic E-state index is -4.63. The summed E-state index contributed by atoms with van der Waals surface area (Å²) >= 11 is 0. The van der Waals surface area contributed by atoms with Crippen molar-refractivity contribution >= 4 is 21.7 Å². The van der Waals surface area contributed by atoms with Crippen molar-refractivity contribution in [2.75, 3.05) is 19.6 Å². The third-order valence-electron chi connectivity index (χ3n) is 5.45. The summed E-state index contributed by atoms with van der Waals surface area (Å²) in [5.41, 5.74) is 0.284. The molecule has 4 rings (SSSR count). The number of hydrogen-bond donors (Lipinski definition) is 1. The average molecular weight is 481 g/mol. The molecule has 1 amide bonds. The van der Waals surface area contributed by atoms with Gasteiger partial charge in [-0.1, -0.05) is 18.2 Å². The van der Waals surface area contributed by atoms with Gasteiger partial charge in [0.15, 0.2) is 0 Å². The molecular formula is C22H22F3N3O4S. The highest BCUT2D eigenvalue weighted by Gasteiger charge is 2.33. The van der Waals surface area contributed by atoms with Crippen LogP contribution in [-0.2, 0) is 16.2 Å².